The van der Waals surface area contributed by atoms with Gasteiger partial charge in [0.05, 0.1) is 11.9 Å². The molecular weight excluding hydrogens is 432 g/mol. The summed E-state index contributed by atoms with van der Waals surface area (Å²) in [5.41, 5.74) is 5.66. The summed E-state index contributed by atoms with van der Waals surface area (Å²) in [4.78, 5) is 7.40. The van der Waals surface area contributed by atoms with Gasteiger partial charge in [0.1, 0.15) is 0 Å². The van der Waals surface area contributed by atoms with E-state index >= 15 is 0 Å². The summed E-state index contributed by atoms with van der Waals surface area (Å²) in [7, 11) is 0. The lowest BCUT2D eigenvalue weighted by atomic mass is 10.1. The maximum Gasteiger partial charge on any atom is 0.156 e. The number of nitrogens with zero attached hydrogens (tertiary/aromatic N) is 6. The summed E-state index contributed by atoms with van der Waals surface area (Å²) in [5.74, 6) is 1.58. The molecule has 0 unspecified atom stereocenters. The van der Waals surface area contributed by atoms with Crippen LogP contribution in [0.25, 0.3) is 16.9 Å². The van der Waals surface area contributed by atoms with E-state index in [2.05, 4.69) is 66.4 Å². The highest BCUT2D eigenvalue weighted by Crippen LogP contribution is 2.21. The van der Waals surface area contributed by atoms with Gasteiger partial charge in [-0.2, -0.15) is 10.2 Å². The predicted molar refractivity (Wildman–Crippen MR) is 142 cm³/mol. The monoisotopic (exact) mass is 470 g/mol. The molecule has 3 aromatic heterocycles. The Morgan fingerprint density at radius 3 is 2.51 bits per heavy atom. The number of rotatable bonds is 11. The highest BCUT2D eigenvalue weighted by Gasteiger charge is 2.12. The molecule has 1 saturated heterocycles. The first-order chi connectivity index (χ1) is 17.1. The highest BCUT2D eigenvalue weighted by atomic mass is 15.3. The van der Waals surface area contributed by atoms with Gasteiger partial charge in [-0.1, -0.05) is 44.2 Å². The standard InChI is InChI=1S/C29H38N6/c1-23(2)8-6-19-34-22-26(21-30-34)27-10-5-11-29-31-28(32-35(27)29)20-25-14-12-24(13-15-25)9-7-18-33-16-3-4-17-33/h5,10-15,21-23H,3-4,6-9,16-20H2,1-2H3. The Kier molecular flexibility index (Phi) is 7.57. The second-order valence-electron chi connectivity index (χ2n) is 10.4. The minimum Gasteiger partial charge on any atom is -0.303 e. The van der Waals surface area contributed by atoms with E-state index < -0.39 is 0 Å². The van der Waals surface area contributed by atoms with Crippen molar-refractivity contribution in [3.8, 4) is 11.3 Å². The number of aromatic nitrogens is 5. The Labute approximate surface area is 209 Å². The van der Waals surface area contributed by atoms with Crippen LogP contribution in [0.5, 0.6) is 0 Å². The highest BCUT2D eigenvalue weighted by molar-refractivity contribution is 5.61. The molecule has 0 spiro atoms. The zero-order valence-corrected chi connectivity index (χ0v) is 21.2. The fraction of sp³-hybridized carbons (Fsp3) is 0.483. The van der Waals surface area contributed by atoms with E-state index in [0.717, 1.165) is 54.5 Å². The SMILES string of the molecule is CC(C)CCCn1cc(-c2cccc3nc(Cc4ccc(CCCN5CCCC5)cc4)nn23)cn1. The van der Waals surface area contributed by atoms with Gasteiger partial charge < -0.3 is 4.90 Å². The first-order valence-corrected chi connectivity index (χ1v) is 13.3. The summed E-state index contributed by atoms with van der Waals surface area (Å²) in [6.07, 6.45) is 12.3. The third kappa shape index (κ3) is 6.17. The van der Waals surface area contributed by atoms with Crippen LogP contribution in [0.4, 0.5) is 0 Å². The second kappa shape index (κ2) is 11.2. The Hall–Kier alpha value is -2.99. The molecule has 4 heterocycles. The molecule has 0 N–H and O–H groups in total. The molecule has 6 heteroatoms. The van der Waals surface area contributed by atoms with Crippen molar-refractivity contribution in [2.45, 2.75) is 65.3 Å². The van der Waals surface area contributed by atoms with E-state index in [1.165, 1.54) is 56.4 Å². The van der Waals surface area contributed by atoms with Crippen LogP contribution >= 0.6 is 0 Å². The molecule has 0 saturated carbocycles. The minimum atomic E-state index is 0.725. The van der Waals surface area contributed by atoms with Gasteiger partial charge in [-0.15, -0.1) is 0 Å². The quantitative estimate of drug-likeness (QED) is 0.284. The number of benzene rings is 1. The van der Waals surface area contributed by atoms with Crippen molar-refractivity contribution in [3.05, 3.63) is 71.8 Å². The Morgan fingerprint density at radius 1 is 0.914 bits per heavy atom. The summed E-state index contributed by atoms with van der Waals surface area (Å²) >= 11 is 0. The lowest BCUT2D eigenvalue weighted by Crippen LogP contribution is -2.20. The van der Waals surface area contributed by atoms with Gasteiger partial charge in [0.15, 0.2) is 11.5 Å². The van der Waals surface area contributed by atoms with Gasteiger partial charge in [0, 0.05) is 24.7 Å². The van der Waals surface area contributed by atoms with Crippen LogP contribution in [0.3, 0.4) is 0 Å². The molecule has 0 aliphatic carbocycles. The smallest absolute Gasteiger partial charge is 0.156 e. The third-order valence-corrected chi connectivity index (χ3v) is 7.03. The second-order valence-corrected chi connectivity index (χ2v) is 10.4. The largest absolute Gasteiger partial charge is 0.303 e. The zero-order chi connectivity index (χ0) is 24.0. The molecule has 4 aromatic rings. The Balaban J connectivity index is 1.22. The van der Waals surface area contributed by atoms with E-state index in [1.807, 2.05) is 21.5 Å². The van der Waals surface area contributed by atoms with Crippen molar-refractivity contribution in [3.63, 3.8) is 0 Å². The van der Waals surface area contributed by atoms with E-state index in [0.29, 0.717) is 0 Å². The van der Waals surface area contributed by atoms with Gasteiger partial charge in [-0.05, 0) is 87.3 Å². The van der Waals surface area contributed by atoms with Gasteiger partial charge in [0.25, 0.3) is 0 Å². The molecule has 1 fully saturated rings. The summed E-state index contributed by atoms with van der Waals surface area (Å²) in [5, 5.41) is 9.43. The van der Waals surface area contributed by atoms with Crippen molar-refractivity contribution in [2.75, 3.05) is 19.6 Å². The van der Waals surface area contributed by atoms with E-state index in [1.54, 1.807) is 0 Å². The minimum absolute atomic E-state index is 0.725. The van der Waals surface area contributed by atoms with E-state index in [-0.39, 0.29) is 0 Å². The van der Waals surface area contributed by atoms with Crippen LogP contribution in [0, 0.1) is 5.92 Å². The van der Waals surface area contributed by atoms with Gasteiger partial charge >= 0.3 is 0 Å². The van der Waals surface area contributed by atoms with Crippen LogP contribution in [0.1, 0.15) is 62.9 Å². The van der Waals surface area contributed by atoms with Crippen LogP contribution < -0.4 is 0 Å². The van der Waals surface area contributed by atoms with Crippen LogP contribution in [-0.4, -0.2) is 48.9 Å². The zero-order valence-electron chi connectivity index (χ0n) is 21.2. The molecule has 0 atom stereocenters. The van der Waals surface area contributed by atoms with Crippen LogP contribution in [0.2, 0.25) is 0 Å². The first kappa shape index (κ1) is 23.7. The lowest BCUT2D eigenvalue weighted by Gasteiger charge is -2.13. The number of fused-ring (bicyclic) bond motifs is 1. The molecule has 5 rings (SSSR count). The molecule has 1 aromatic carbocycles. The third-order valence-electron chi connectivity index (χ3n) is 7.03. The molecular formula is C29H38N6. The van der Waals surface area contributed by atoms with Gasteiger partial charge in [0.2, 0.25) is 0 Å². The van der Waals surface area contributed by atoms with Crippen LogP contribution in [0.15, 0.2) is 54.9 Å². The first-order valence-electron chi connectivity index (χ1n) is 13.3. The molecule has 0 amide bonds. The van der Waals surface area contributed by atoms with Crippen molar-refractivity contribution in [1.29, 1.82) is 0 Å². The van der Waals surface area contributed by atoms with E-state index in [4.69, 9.17) is 10.1 Å². The predicted octanol–water partition coefficient (Wildman–Crippen LogP) is 5.65. The average Bonchev–Trinajstić information content (AvgIpc) is 3.61. The van der Waals surface area contributed by atoms with Crippen molar-refractivity contribution < 1.29 is 0 Å². The average molecular weight is 471 g/mol. The maximum absolute atomic E-state index is 4.86. The fourth-order valence-electron chi connectivity index (χ4n) is 5.04. The number of pyridine rings is 1. The molecule has 1 aliphatic rings. The molecule has 1 aliphatic heterocycles. The Bertz CT molecular complexity index is 1210. The number of hydrogen-bond acceptors (Lipinski definition) is 4. The normalized spacial score (nSPS) is 14.5. The number of aryl methyl sites for hydroxylation is 2. The maximum atomic E-state index is 4.86. The van der Waals surface area contributed by atoms with E-state index in [9.17, 15) is 0 Å². The van der Waals surface area contributed by atoms with Gasteiger partial charge in [-0.3, -0.25) is 4.68 Å². The molecule has 35 heavy (non-hydrogen) atoms. The molecule has 0 bridgehead atoms. The van der Waals surface area contributed by atoms with Crippen molar-refractivity contribution in [2.24, 2.45) is 5.92 Å². The van der Waals surface area contributed by atoms with Crippen molar-refractivity contribution in [1.82, 2.24) is 29.3 Å². The number of hydrogen-bond donors (Lipinski definition) is 0. The summed E-state index contributed by atoms with van der Waals surface area (Å²) < 4.78 is 4.00. The Morgan fingerprint density at radius 2 is 1.71 bits per heavy atom. The molecule has 6 nitrogen and oxygen atoms in total. The van der Waals surface area contributed by atoms with Crippen LogP contribution in [-0.2, 0) is 19.4 Å². The summed E-state index contributed by atoms with van der Waals surface area (Å²) in [6, 6.07) is 15.2. The fourth-order valence-corrected chi connectivity index (χ4v) is 5.04. The molecule has 184 valence electrons. The number of likely N-dealkylation sites (tertiary alicyclic amines) is 1. The summed E-state index contributed by atoms with van der Waals surface area (Å²) in [6.45, 7) is 9.28. The van der Waals surface area contributed by atoms with Crippen molar-refractivity contribution >= 4 is 5.65 Å². The topological polar surface area (TPSA) is 51.2 Å². The van der Waals surface area contributed by atoms with Gasteiger partial charge in [-0.25, -0.2) is 9.50 Å². The molecule has 0 radical (unpaired) electrons. The lowest BCUT2D eigenvalue weighted by molar-refractivity contribution is 0.334.